The number of hydrogen-bond donors (Lipinski definition) is 1. The highest BCUT2D eigenvalue weighted by atomic mass is 19.1. The number of anilines is 2. The van der Waals surface area contributed by atoms with Crippen molar-refractivity contribution in [3.8, 4) is 11.8 Å². The summed E-state index contributed by atoms with van der Waals surface area (Å²) in [6.45, 7) is 7.55. The van der Waals surface area contributed by atoms with Crippen LogP contribution in [0, 0.1) is 24.6 Å². The summed E-state index contributed by atoms with van der Waals surface area (Å²) >= 11 is 0. The second kappa shape index (κ2) is 7.82. The van der Waals surface area contributed by atoms with Gasteiger partial charge in [-0.15, -0.1) is 5.10 Å². The van der Waals surface area contributed by atoms with E-state index in [4.69, 9.17) is 9.26 Å². The van der Waals surface area contributed by atoms with Crippen LogP contribution in [0.1, 0.15) is 38.6 Å². The average molecular weight is 427 g/mol. The van der Waals surface area contributed by atoms with Crippen molar-refractivity contribution in [3.63, 3.8) is 0 Å². The zero-order valence-corrected chi connectivity index (χ0v) is 17.8. The number of halogens is 1. The van der Waals surface area contributed by atoms with E-state index in [9.17, 15) is 4.39 Å². The summed E-state index contributed by atoms with van der Waals surface area (Å²) < 4.78 is 26.5. The maximum absolute atomic E-state index is 13.5. The Kier molecular flexibility index (Phi) is 4.99. The molecule has 0 spiro atoms. The second-order valence-corrected chi connectivity index (χ2v) is 8.61. The van der Waals surface area contributed by atoms with Crippen LogP contribution in [0.5, 0.6) is 11.8 Å². The van der Waals surface area contributed by atoms with E-state index >= 15 is 0 Å². The Bertz CT molecular complexity index is 1050. The first-order valence-electron chi connectivity index (χ1n) is 10.7. The normalized spacial score (nSPS) is 22.9. The predicted octanol–water partition coefficient (Wildman–Crippen LogP) is 3.81. The molecule has 0 amide bonds. The highest BCUT2D eigenvalue weighted by molar-refractivity contribution is 5.35. The summed E-state index contributed by atoms with van der Waals surface area (Å²) in [5.41, 5.74) is 0. The first-order valence-corrected chi connectivity index (χ1v) is 10.7. The fourth-order valence-electron chi connectivity index (χ4n) is 4.59. The van der Waals surface area contributed by atoms with E-state index < -0.39 is 0 Å². The summed E-state index contributed by atoms with van der Waals surface area (Å²) in [5.74, 6) is 2.09. The van der Waals surface area contributed by atoms with Crippen LogP contribution >= 0.6 is 0 Å². The van der Waals surface area contributed by atoms with Crippen LogP contribution in [0.4, 0.5) is 16.4 Å². The van der Waals surface area contributed by atoms with Crippen LogP contribution in [0.2, 0.25) is 0 Å². The number of benzene rings is 1. The molecule has 3 atom stereocenters. The summed E-state index contributed by atoms with van der Waals surface area (Å²) in [6, 6.07) is 7.28. The number of ether oxygens (including phenoxy) is 1. The number of nitrogens with zero attached hydrogens (tertiary/aromatic N) is 6. The zero-order chi connectivity index (χ0) is 21.5. The largest absolute Gasteiger partial charge is 0.424 e. The first kappa shape index (κ1) is 19.8. The maximum atomic E-state index is 13.5. The monoisotopic (exact) mass is 427 g/mol. The molecule has 1 saturated heterocycles. The van der Waals surface area contributed by atoms with Gasteiger partial charge in [0.25, 0.3) is 0 Å². The third kappa shape index (κ3) is 3.94. The fourth-order valence-corrected chi connectivity index (χ4v) is 4.59. The Morgan fingerprint density at radius 3 is 2.61 bits per heavy atom. The van der Waals surface area contributed by atoms with Crippen LogP contribution in [-0.2, 0) is 0 Å². The molecule has 2 bridgehead atoms. The molecule has 164 valence electrons. The van der Waals surface area contributed by atoms with Gasteiger partial charge < -0.3 is 19.5 Å². The summed E-state index contributed by atoms with van der Waals surface area (Å²) in [6.07, 6.45) is 2.26. The number of nitrogens with one attached hydrogen (secondary N) is 1. The van der Waals surface area contributed by atoms with Gasteiger partial charge in [0.1, 0.15) is 11.6 Å². The summed E-state index contributed by atoms with van der Waals surface area (Å²) in [7, 11) is 0. The highest BCUT2D eigenvalue weighted by Crippen LogP contribution is 2.40. The van der Waals surface area contributed by atoms with E-state index in [1.54, 1.807) is 16.8 Å². The van der Waals surface area contributed by atoms with Gasteiger partial charge in [0.2, 0.25) is 5.95 Å². The van der Waals surface area contributed by atoms with E-state index in [1.807, 2.05) is 20.8 Å². The van der Waals surface area contributed by atoms with Crippen molar-refractivity contribution in [2.75, 3.05) is 23.3 Å². The highest BCUT2D eigenvalue weighted by Gasteiger charge is 2.43. The third-order valence-corrected chi connectivity index (χ3v) is 6.01. The molecule has 5 rings (SSSR count). The van der Waals surface area contributed by atoms with Crippen molar-refractivity contribution in [2.24, 2.45) is 11.8 Å². The number of fused-ring (bicyclic) bond motifs is 2. The molecule has 3 aromatic rings. The van der Waals surface area contributed by atoms with Gasteiger partial charge in [0, 0.05) is 25.2 Å². The first-order chi connectivity index (χ1) is 15.0. The second-order valence-electron chi connectivity index (χ2n) is 8.61. The van der Waals surface area contributed by atoms with Crippen molar-refractivity contribution < 1.29 is 13.7 Å². The number of aryl methyl sites for hydroxylation is 1. The zero-order valence-electron chi connectivity index (χ0n) is 17.8. The Hall–Kier alpha value is -3.17. The van der Waals surface area contributed by atoms with Crippen LogP contribution in [0.25, 0.3) is 0 Å². The lowest BCUT2D eigenvalue weighted by Crippen LogP contribution is -2.48. The number of aromatic nitrogens is 5. The van der Waals surface area contributed by atoms with Crippen molar-refractivity contribution in [3.05, 3.63) is 35.9 Å². The van der Waals surface area contributed by atoms with E-state index in [2.05, 4.69) is 30.4 Å². The quantitative estimate of drug-likeness (QED) is 0.635. The minimum Gasteiger partial charge on any atom is -0.424 e. The molecule has 1 saturated carbocycles. The van der Waals surface area contributed by atoms with E-state index in [0.717, 1.165) is 25.9 Å². The molecule has 2 aliphatic rings. The van der Waals surface area contributed by atoms with Gasteiger partial charge in [0.05, 0.1) is 6.04 Å². The molecule has 0 unspecified atom stereocenters. The van der Waals surface area contributed by atoms with Gasteiger partial charge in [-0.05, 0) is 57.6 Å². The van der Waals surface area contributed by atoms with Crippen LogP contribution in [0.15, 0.2) is 28.8 Å². The van der Waals surface area contributed by atoms with Crippen LogP contribution in [0.3, 0.4) is 0 Å². The Balaban J connectivity index is 1.32. The van der Waals surface area contributed by atoms with Gasteiger partial charge in [-0.2, -0.15) is 9.97 Å². The summed E-state index contributed by atoms with van der Waals surface area (Å²) in [4.78, 5) is 11.1. The molecule has 1 N–H and O–H groups in total. The Labute approximate surface area is 179 Å². The maximum Gasteiger partial charge on any atom is 0.324 e. The van der Waals surface area contributed by atoms with Gasteiger partial charge in [-0.25, -0.2) is 9.07 Å². The molecule has 0 radical (unpaired) electrons. The van der Waals surface area contributed by atoms with Gasteiger partial charge in [-0.1, -0.05) is 11.2 Å². The molecule has 1 aromatic carbocycles. The molecule has 31 heavy (non-hydrogen) atoms. The Morgan fingerprint density at radius 1 is 1.19 bits per heavy atom. The van der Waals surface area contributed by atoms with E-state index in [0.29, 0.717) is 41.4 Å². The van der Waals surface area contributed by atoms with Crippen molar-refractivity contribution in [1.82, 2.24) is 24.9 Å². The molecule has 2 aromatic heterocycles. The lowest BCUT2D eigenvalue weighted by molar-refractivity contribution is 0.340. The smallest absolute Gasteiger partial charge is 0.324 e. The minimum absolute atomic E-state index is 0.0472. The minimum atomic E-state index is -0.355. The number of hydrogen-bond acceptors (Lipinski definition) is 8. The molecule has 10 heteroatoms. The topological polar surface area (TPSA) is 94.1 Å². The third-order valence-electron chi connectivity index (χ3n) is 6.01. The van der Waals surface area contributed by atoms with Gasteiger partial charge >= 0.3 is 12.0 Å². The average Bonchev–Trinajstić information content (AvgIpc) is 3.39. The SMILES string of the molecule is Cc1noc(N2C[C@H]3CC[C@@H](C2)[C@H]3Nc2nc(Oc3cccc(F)c3)n(C(C)C)n2)n1. The van der Waals surface area contributed by atoms with E-state index in [1.165, 1.54) is 12.1 Å². The van der Waals surface area contributed by atoms with Crippen molar-refractivity contribution in [2.45, 2.75) is 45.7 Å². The number of rotatable bonds is 6. The predicted molar refractivity (Wildman–Crippen MR) is 112 cm³/mol. The number of piperidine rings is 1. The molecule has 9 nitrogen and oxygen atoms in total. The lowest BCUT2D eigenvalue weighted by Gasteiger charge is -2.37. The van der Waals surface area contributed by atoms with Gasteiger partial charge in [-0.3, -0.25) is 0 Å². The summed E-state index contributed by atoms with van der Waals surface area (Å²) in [5, 5.41) is 12.1. The fraction of sp³-hybridized carbons (Fsp3) is 0.524. The van der Waals surface area contributed by atoms with Crippen molar-refractivity contribution in [1.29, 1.82) is 0 Å². The van der Waals surface area contributed by atoms with Crippen molar-refractivity contribution >= 4 is 12.0 Å². The van der Waals surface area contributed by atoms with Crippen LogP contribution in [-0.4, -0.2) is 44.0 Å². The standard InChI is InChI=1S/C21H26FN7O2/c1-12(2)29-21(30-17-6-4-5-16(22)9-17)25-19(26-29)24-18-14-7-8-15(18)11-28(10-14)20-23-13(3)27-31-20/h4-6,9,12,14-15,18H,7-8,10-11H2,1-3H3,(H,24,26)/t14-,15+,18+. The molecule has 1 aliphatic carbocycles. The van der Waals surface area contributed by atoms with Gasteiger partial charge in [0.15, 0.2) is 5.82 Å². The molecule has 1 aliphatic heterocycles. The lowest BCUT2D eigenvalue weighted by atomic mass is 9.92. The van der Waals surface area contributed by atoms with E-state index in [-0.39, 0.29) is 17.9 Å². The molecule has 3 heterocycles. The molecular weight excluding hydrogens is 401 g/mol. The molecular formula is C21H26FN7O2. The van der Waals surface area contributed by atoms with Crippen LogP contribution < -0.4 is 15.0 Å². The Morgan fingerprint density at radius 2 is 1.97 bits per heavy atom. The molecule has 2 fully saturated rings.